The third-order valence-electron chi connectivity index (χ3n) is 5.28. The number of nitrogens with one attached hydrogen (secondary N) is 1. The molecule has 2 aliphatic rings. The van der Waals surface area contributed by atoms with Crippen molar-refractivity contribution in [3.63, 3.8) is 0 Å². The summed E-state index contributed by atoms with van der Waals surface area (Å²) in [5.41, 5.74) is 3.03. The molecule has 0 bridgehead atoms. The average molecular weight is 385 g/mol. The highest BCUT2D eigenvalue weighted by Gasteiger charge is 2.36. The molecule has 0 radical (unpaired) electrons. The number of guanidine groups is 1. The smallest absolute Gasteiger partial charge is 0.216 e. The minimum Gasteiger partial charge on any atom is -0.465 e. The normalized spacial score (nSPS) is 18.8. The molecule has 29 heavy (non-hydrogen) atoms. The van der Waals surface area contributed by atoms with Gasteiger partial charge in [-0.15, -0.1) is 0 Å². The SMILES string of the molecule is c1ccc(CN2CN=C3N[C@@H](c4ccco4)n4c(nc5ccccc54)N3C2)nc1. The van der Waals surface area contributed by atoms with Gasteiger partial charge in [0.25, 0.3) is 0 Å². The van der Waals surface area contributed by atoms with Gasteiger partial charge >= 0.3 is 0 Å². The number of fused-ring (bicyclic) bond motifs is 5. The van der Waals surface area contributed by atoms with Gasteiger partial charge in [-0.05, 0) is 36.4 Å². The maximum Gasteiger partial charge on any atom is 0.216 e. The third-order valence-corrected chi connectivity index (χ3v) is 5.28. The maximum atomic E-state index is 5.72. The Kier molecular flexibility index (Phi) is 3.63. The molecule has 8 nitrogen and oxygen atoms in total. The zero-order valence-electron chi connectivity index (χ0n) is 15.6. The molecule has 3 aromatic heterocycles. The van der Waals surface area contributed by atoms with Gasteiger partial charge < -0.3 is 9.73 Å². The van der Waals surface area contributed by atoms with Crippen LogP contribution in [0.1, 0.15) is 17.6 Å². The quantitative estimate of drug-likeness (QED) is 0.585. The molecule has 2 aliphatic heterocycles. The summed E-state index contributed by atoms with van der Waals surface area (Å²) < 4.78 is 7.90. The number of aromatic nitrogens is 3. The first kappa shape index (κ1) is 16.3. The van der Waals surface area contributed by atoms with Crippen LogP contribution in [0.5, 0.6) is 0 Å². The van der Waals surface area contributed by atoms with Crippen LogP contribution in [0.2, 0.25) is 0 Å². The molecule has 5 heterocycles. The van der Waals surface area contributed by atoms with E-state index in [4.69, 9.17) is 14.4 Å². The van der Waals surface area contributed by atoms with E-state index >= 15 is 0 Å². The fraction of sp³-hybridized carbons (Fsp3) is 0.190. The van der Waals surface area contributed by atoms with Crippen LogP contribution in [-0.4, -0.2) is 38.7 Å². The number of furan rings is 1. The van der Waals surface area contributed by atoms with Crippen molar-refractivity contribution >= 4 is 22.9 Å². The molecule has 0 spiro atoms. The van der Waals surface area contributed by atoms with Crippen molar-refractivity contribution in [3.05, 3.63) is 78.5 Å². The van der Waals surface area contributed by atoms with E-state index in [0.717, 1.165) is 40.9 Å². The fourth-order valence-electron chi connectivity index (χ4n) is 3.98. The van der Waals surface area contributed by atoms with E-state index in [1.165, 1.54) is 0 Å². The molecular weight excluding hydrogens is 366 g/mol. The van der Waals surface area contributed by atoms with E-state index in [2.05, 4.69) is 30.7 Å². The predicted octanol–water partition coefficient (Wildman–Crippen LogP) is 2.77. The molecule has 0 unspecified atom stereocenters. The Morgan fingerprint density at radius 1 is 1.07 bits per heavy atom. The standard InChI is InChI=1S/C21H19N7O/c1-2-8-17-16(7-1)24-21-27-14-26(12-15-6-3-4-10-22-15)13-23-20(27)25-19(28(17)21)18-9-5-11-29-18/h1-11,19H,12-14H2,(H,23,25)/t19-/m1/s1. The van der Waals surface area contributed by atoms with Crippen LogP contribution < -0.4 is 10.2 Å². The van der Waals surface area contributed by atoms with Crippen LogP contribution in [0, 0.1) is 0 Å². The van der Waals surface area contributed by atoms with Crippen LogP contribution in [0.15, 0.2) is 76.5 Å². The number of para-hydroxylation sites is 2. The number of nitrogens with zero attached hydrogens (tertiary/aromatic N) is 6. The molecule has 0 fully saturated rings. The molecule has 1 atom stereocenters. The van der Waals surface area contributed by atoms with Gasteiger partial charge in [-0.3, -0.25) is 19.4 Å². The number of aliphatic imine (C=N–C) groups is 1. The monoisotopic (exact) mass is 385 g/mol. The Hall–Kier alpha value is -3.65. The van der Waals surface area contributed by atoms with Crippen molar-refractivity contribution in [2.75, 3.05) is 18.2 Å². The number of pyridine rings is 1. The van der Waals surface area contributed by atoms with Gasteiger partial charge in [0.15, 0.2) is 6.17 Å². The minimum atomic E-state index is -0.190. The molecule has 8 heteroatoms. The largest absolute Gasteiger partial charge is 0.465 e. The van der Waals surface area contributed by atoms with Gasteiger partial charge in [0.1, 0.15) is 5.76 Å². The van der Waals surface area contributed by atoms with E-state index in [1.54, 1.807) is 6.26 Å². The fourth-order valence-corrected chi connectivity index (χ4v) is 3.98. The lowest BCUT2D eigenvalue weighted by Crippen LogP contribution is -2.57. The summed E-state index contributed by atoms with van der Waals surface area (Å²) in [6.07, 6.45) is 3.33. The maximum absolute atomic E-state index is 5.72. The van der Waals surface area contributed by atoms with E-state index < -0.39 is 0 Å². The van der Waals surface area contributed by atoms with Crippen LogP contribution in [0.3, 0.4) is 0 Å². The van der Waals surface area contributed by atoms with Gasteiger partial charge in [0.2, 0.25) is 11.9 Å². The van der Waals surface area contributed by atoms with E-state index in [-0.39, 0.29) is 6.17 Å². The van der Waals surface area contributed by atoms with Crippen molar-refractivity contribution in [2.24, 2.45) is 4.99 Å². The minimum absolute atomic E-state index is 0.190. The van der Waals surface area contributed by atoms with Gasteiger partial charge in [0.05, 0.1) is 36.3 Å². The molecule has 144 valence electrons. The van der Waals surface area contributed by atoms with Crippen molar-refractivity contribution < 1.29 is 4.42 Å². The second-order valence-electron chi connectivity index (χ2n) is 7.18. The first-order valence-electron chi connectivity index (χ1n) is 9.58. The Bertz CT molecular complexity index is 1180. The van der Waals surface area contributed by atoms with Gasteiger partial charge in [-0.2, -0.15) is 0 Å². The number of imidazole rings is 1. The Labute approximate surface area is 167 Å². The summed E-state index contributed by atoms with van der Waals surface area (Å²) in [5, 5.41) is 3.54. The number of anilines is 1. The van der Waals surface area contributed by atoms with E-state index in [1.807, 2.05) is 54.7 Å². The van der Waals surface area contributed by atoms with Crippen molar-refractivity contribution in [2.45, 2.75) is 12.7 Å². The lowest BCUT2D eigenvalue weighted by atomic mass is 10.2. The highest BCUT2D eigenvalue weighted by atomic mass is 16.3. The van der Waals surface area contributed by atoms with Crippen molar-refractivity contribution in [1.29, 1.82) is 0 Å². The summed E-state index contributed by atoms with van der Waals surface area (Å²) in [5.74, 6) is 2.50. The Morgan fingerprint density at radius 2 is 2.00 bits per heavy atom. The van der Waals surface area contributed by atoms with E-state index in [0.29, 0.717) is 13.3 Å². The zero-order chi connectivity index (χ0) is 19.2. The van der Waals surface area contributed by atoms with Crippen LogP contribution in [0.4, 0.5) is 5.95 Å². The number of hydrogen-bond donors (Lipinski definition) is 1. The lowest BCUT2D eigenvalue weighted by Gasteiger charge is -2.41. The van der Waals surface area contributed by atoms with E-state index in [9.17, 15) is 0 Å². The molecule has 1 aromatic carbocycles. The molecule has 0 saturated heterocycles. The lowest BCUT2D eigenvalue weighted by molar-refractivity contribution is 0.259. The number of benzene rings is 1. The summed E-state index contributed by atoms with van der Waals surface area (Å²) >= 11 is 0. The van der Waals surface area contributed by atoms with Gasteiger partial charge in [-0.25, -0.2) is 9.98 Å². The molecule has 4 aromatic rings. The third kappa shape index (κ3) is 2.68. The first-order chi connectivity index (χ1) is 14.4. The van der Waals surface area contributed by atoms with Crippen LogP contribution in [-0.2, 0) is 6.54 Å². The van der Waals surface area contributed by atoms with Crippen LogP contribution >= 0.6 is 0 Å². The van der Waals surface area contributed by atoms with Crippen molar-refractivity contribution in [1.82, 2.24) is 24.8 Å². The van der Waals surface area contributed by atoms with Crippen molar-refractivity contribution in [3.8, 4) is 0 Å². The molecular formula is C21H19N7O. The highest BCUT2D eigenvalue weighted by molar-refractivity contribution is 5.98. The molecule has 1 N–H and O–H groups in total. The Morgan fingerprint density at radius 3 is 2.86 bits per heavy atom. The number of hydrogen-bond acceptors (Lipinski definition) is 7. The van der Waals surface area contributed by atoms with Crippen LogP contribution in [0.25, 0.3) is 11.0 Å². The zero-order valence-corrected chi connectivity index (χ0v) is 15.6. The Balaban J connectivity index is 1.42. The number of rotatable bonds is 3. The summed E-state index contributed by atoms with van der Waals surface area (Å²) in [7, 11) is 0. The molecule has 0 aliphatic carbocycles. The predicted molar refractivity (Wildman–Crippen MR) is 109 cm³/mol. The summed E-state index contributed by atoms with van der Waals surface area (Å²) in [4.78, 5) is 18.5. The molecule has 0 saturated carbocycles. The molecule has 6 rings (SSSR count). The average Bonchev–Trinajstić information content (AvgIpc) is 3.43. The highest BCUT2D eigenvalue weighted by Crippen LogP contribution is 2.34. The second-order valence-corrected chi connectivity index (χ2v) is 7.18. The van der Waals surface area contributed by atoms with Gasteiger partial charge in [0, 0.05) is 12.7 Å². The van der Waals surface area contributed by atoms with Gasteiger partial charge in [-0.1, -0.05) is 18.2 Å². The summed E-state index contributed by atoms with van der Waals surface area (Å²) in [6.45, 7) is 2.01. The first-order valence-corrected chi connectivity index (χ1v) is 9.58. The topological polar surface area (TPSA) is 74.7 Å². The second kappa shape index (κ2) is 6.46. The summed E-state index contributed by atoms with van der Waals surface area (Å²) in [6, 6.07) is 18.0. The molecule has 0 amide bonds.